The summed E-state index contributed by atoms with van der Waals surface area (Å²) in [6, 6.07) is 0. The van der Waals surface area contributed by atoms with Crippen LogP contribution in [0.4, 0.5) is 0 Å². The fourth-order valence-electron chi connectivity index (χ4n) is 6.79. The van der Waals surface area contributed by atoms with E-state index in [9.17, 15) is 9.90 Å². The van der Waals surface area contributed by atoms with Gasteiger partial charge in [0.15, 0.2) is 0 Å². The molecule has 262 valence electrons. The number of carbonyl (C=O) groups excluding carboxylic acids is 1. The van der Waals surface area contributed by atoms with Crippen molar-refractivity contribution in [2.24, 2.45) is 26.8 Å². The van der Waals surface area contributed by atoms with E-state index in [-0.39, 0.29) is 17.7 Å². The molecule has 1 fully saturated rings. The molecule has 5 rings (SSSR count). The molecule has 5 aliphatic rings. The maximum Gasteiger partial charge on any atom is 0.222 e. The van der Waals surface area contributed by atoms with Crippen molar-refractivity contribution in [3.63, 3.8) is 0 Å². The minimum Gasteiger partial charge on any atom is -0.515 e. The zero-order valence-electron chi connectivity index (χ0n) is 30.3. The highest BCUT2D eigenvalue weighted by molar-refractivity contribution is 6.18. The number of aliphatic imine (C=N–C) groups is 3. The smallest absolute Gasteiger partial charge is 0.222 e. The van der Waals surface area contributed by atoms with Crippen molar-refractivity contribution >= 4 is 23.0 Å². The van der Waals surface area contributed by atoms with Gasteiger partial charge in [0.2, 0.25) is 5.91 Å². The van der Waals surface area contributed by atoms with Gasteiger partial charge in [-0.3, -0.25) is 4.79 Å². The van der Waals surface area contributed by atoms with Crippen molar-refractivity contribution in [3.8, 4) is 0 Å². The van der Waals surface area contributed by atoms with Gasteiger partial charge in [-0.05, 0) is 92.7 Å². The van der Waals surface area contributed by atoms with Gasteiger partial charge in [-0.1, -0.05) is 13.8 Å². The van der Waals surface area contributed by atoms with Crippen LogP contribution in [0.25, 0.3) is 0 Å². The first kappa shape index (κ1) is 36.2. The molecule has 0 aromatic heterocycles. The third-order valence-electron chi connectivity index (χ3n) is 10.0. The summed E-state index contributed by atoms with van der Waals surface area (Å²) in [6.07, 6.45) is 11.4. The number of likely N-dealkylation sites (N-methyl/N-ethyl adjacent to an activating group) is 1. The number of rotatable bonds is 13. The summed E-state index contributed by atoms with van der Waals surface area (Å²) >= 11 is 0. The van der Waals surface area contributed by atoms with Gasteiger partial charge in [0.1, 0.15) is 0 Å². The lowest BCUT2D eigenvalue weighted by molar-refractivity contribution is -0.130. The van der Waals surface area contributed by atoms with Crippen LogP contribution in [0.2, 0.25) is 0 Å². The number of aliphatic hydroxyl groups is 1. The number of aliphatic hydroxyl groups excluding tert-OH is 1. The molecule has 1 saturated heterocycles. The molecule has 0 spiro atoms. The summed E-state index contributed by atoms with van der Waals surface area (Å²) in [4.78, 5) is 30.1. The lowest BCUT2D eigenvalue weighted by Gasteiger charge is -2.21. The third-order valence-corrected chi connectivity index (χ3v) is 10.0. The number of methoxy groups -OCH3 is 1. The Morgan fingerprint density at radius 2 is 1.59 bits per heavy atom. The van der Waals surface area contributed by atoms with Crippen LogP contribution in [0, 0.1) is 11.8 Å². The molecule has 1 amide bonds. The summed E-state index contributed by atoms with van der Waals surface area (Å²) in [7, 11) is 3.47. The van der Waals surface area contributed by atoms with Crippen LogP contribution >= 0.6 is 0 Å². The molecule has 0 radical (unpaired) electrons. The molecule has 2 N–H and O–H groups in total. The highest BCUT2D eigenvalue weighted by Gasteiger charge is 2.36. The van der Waals surface area contributed by atoms with Gasteiger partial charge in [-0.25, -0.2) is 15.0 Å². The Morgan fingerprint density at radius 1 is 0.898 bits per heavy atom. The maximum atomic E-state index is 13.3. The normalized spacial score (nSPS) is 22.6. The minimum atomic E-state index is 0.0719. The summed E-state index contributed by atoms with van der Waals surface area (Å²) in [5, 5.41) is 14.0. The maximum absolute atomic E-state index is 13.3. The number of carbonyl (C=O) groups is 1. The van der Waals surface area contributed by atoms with Gasteiger partial charge in [0.05, 0.1) is 73.5 Å². The van der Waals surface area contributed by atoms with Crippen LogP contribution < -0.4 is 5.32 Å². The number of fused-ring (bicyclic) bond motifs is 5. The lowest BCUT2D eigenvalue weighted by Crippen LogP contribution is -2.31. The van der Waals surface area contributed by atoms with Gasteiger partial charge >= 0.3 is 0 Å². The average Bonchev–Trinajstić information content (AvgIpc) is 3.79. The Bertz CT molecular complexity index is 1710. The Kier molecular flexibility index (Phi) is 11.9. The number of amides is 1. The van der Waals surface area contributed by atoms with Gasteiger partial charge in [0.25, 0.3) is 0 Å². The molecule has 0 saturated carbocycles. The van der Waals surface area contributed by atoms with E-state index in [4.69, 9.17) is 29.2 Å². The van der Waals surface area contributed by atoms with Gasteiger partial charge in [0, 0.05) is 55.9 Å². The highest BCUT2D eigenvalue weighted by atomic mass is 16.5. The van der Waals surface area contributed by atoms with E-state index in [1.807, 2.05) is 20.0 Å². The SMILES string of the molecule is CCC1=C(C)C2=CC3=NC(=C(C)/C3=C\O)C=C3NC(=C(C)C4=NC(=CC1=N2)C(C)=C4)[C@@H](CCC(=O)N(C)CCOCCOCCOC)[C@@H]3C. The number of nitrogens with zero attached hydrogens (tertiary/aromatic N) is 4. The Morgan fingerprint density at radius 3 is 2.31 bits per heavy atom. The quantitative estimate of drug-likeness (QED) is 0.172. The molecule has 10 nitrogen and oxygen atoms in total. The summed E-state index contributed by atoms with van der Waals surface area (Å²) in [5.41, 5.74) is 13.2. The Hall–Kier alpha value is -4.12. The molecule has 0 aromatic carbocycles. The van der Waals surface area contributed by atoms with Crippen molar-refractivity contribution in [1.29, 1.82) is 0 Å². The standard InChI is InChI=1S/C39H51N5O5/c1-9-28-24(3)34-21-37-30(22-45)26(5)33(42-37)20-35-25(4)29(10-11-38(46)44(7)12-13-48-16-17-49-15-14-47-8)39(43-35)27(6)32-18-23(2)31(40-32)19-36(28)41-34/h18-22,25,29,43,45H,9-17H2,1-8H3/b30-22+,31-19?,34-21?,35-20?,39-27?/t25-,29-/m0/s1. The molecule has 5 aliphatic heterocycles. The molecule has 8 bridgehead atoms. The summed E-state index contributed by atoms with van der Waals surface area (Å²) < 4.78 is 16.1. The van der Waals surface area contributed by atoms with Gasteiger partial charge in [-0.15, -0.1) is 0 Å². The van der Waals surface area contributed by atoms with Crippen LogP contribution in [0.15, 0.2) is 107 Å². The molecule has 2 atom stereocenters. The van der Waals surface area contributed by atoms with Crippen LogP contribution in [0.5, 0.6) is 0 Å². The van der Waals surface area contributed by atoms with Crippen molar-refractivity contribution in [2.45, 2.75) is 60.8 Å². The van der Waals surface area contributed by atoms with Crippen molar-refractivity contribution in [3.05, 3.63) is 92.5 Å². The van der Waals surface area contributed by atoms with Crippen LogP contribution in [0.1, 0.15) is 60.8 Å². The number of allylic oxidation sites excluding steroid dienone is 12. The lowest BCUT2D eigenvalue weighted by atomic mass is 9.86. The van der Waals surface area contributed by atoms with Crippen molar-refractivity contribution < 1.29 is 24.1 Å². The molecular formula is C39H51N5O5. The van der Waals surface area contributed by atoms with Crippen LogP contribution in [0.3, 0.4) is 0 Å². The number of nitrogens with one attached hydrogen (secondary N) is 1. The van der Waals surface area contributed by atoms with E-state index in [0.29, 0.717) is 63.7 Å². The van der Waals surface area contributed by atoms with E-state index in [1.165, 1.54) is 5.57 Å². The first-order chi connectivity index (χ1) is 23.6. The van der Waals surface area contributed by atoms with E-state index >= 15 is 0 Å². The fourth-order valence-corrected chi connectivity index (χ4v) is 6.79. The van der Waals surface area contributed by atoms with Gasteiger partial charge < -0.3 is 29.5 Å². The topological polar surface area (TPSA) is 117 Å². The van der Waals surface area contributed by atoms with Crippen LogP contribution in [-0.2, 0) is 19.0 Å². The molecule has 0 aromatic rings. The van der Waals surface area contributed by atoms with Crippen LogP contribution in [-0.4, -0.2) is 86.8 Å². The minimum absolute atomic E-state index is 0.0719. The van der Waals surface area contributed by atoms with E-state index in [0.717, 1.165) is 74.9 Å². The van der Waals surface area contributed by atoms with E-state index < -0.39 is 0 Å². The fraction of sp³-hybridized carbons (Fsp3) is 0.487. The number of hydrogen-bond donors (Lipinski definition) is 2. The molecule has 0 aliphatic carbocycles. The van der Waals surface area contributed by atoms with Gasteiger partial charge in [-0.2, -0.15) is 0 Å². The summed E-state index contributed by atoms with van der Waals surface area (Å²) in [6.45, 7) is 15.7. The second-order valence-electron chi connectivity index (χ2n) is 13.1. The van der Waals surface area contributed by atoms with Crippen molar-refractivity contribution in [1.82, 2.24) is 10.2 Å². The Labute approximate surface area is 290 Å². The average molecular weight is 670 g/mol. The largest absolute Gasteiger partial charge is 0.515 e. The Balaban J connectivity index is 1.42. The zero-order valence-corrected chi connectivity index (χ0v) is 30.3. The monoisotopic (exact) mass is 669 g/mol. The first-order valence-corrected chi connectivity index (χ1v) is 17.3. The van der Waals surface area contributed by atoms with Crippen molar-refractivity contribution in [2.75, 3.05) is 53.7 Å². The number of hydrogen-bond acceptors (Lipinski definition) is 9. The molecule has 0 unspecified atom stereocenters. The highest BCUT2D eigenvalue weighted by Crippen LogP contribution is 2.41. The predicted octanol–water partition coefficient (Wildman–Crippen LogP) is 6.45. The zero-order chi connectivity index (χ0) is 35.2. The third kappa shape index (κ3) is 7.87. The molecule has 5 heterocycles. The summed E-state index contributed by atoms with van der Waals surface area (Å²) in [5.74, 6) is 0.252. The van der Waals surface area contributed by atoms with E-state index in [2.05, 4.69) is 58.2 Å². The first-order valence-electron chi connectivity index (χ1n) is 17.3. The molecule has 10 heteroatoms. The second kappa shape index (κ2) is 16.1. The molecule has 49 heavy (non-hydrogen) atoms. The second-order valence-corrected chi connectivity index (χ2v) is 13.1. The molecular weight excluding hydrogens is 618 g/mol. The number of ether oxygens (including phenoxy) is 3. The predicted molar refractivity (Wildman–Crippen MR) is 196 cm³/mol. The van der Waals surface area contributed by atoms with E-state index in [1.54, 1.807) is 12.0 Å².